The summed E-state index contributed by atoms with van der Waals surface area (Å²) in [5.74, 6) is 1.64. The van der Waals surface area contributed by atoms with E-state index in [2.05, 4.69) is 24.1 Å². The van der Waals surface area contributed by atoms with Gasteiger partial charge >= 0.3 is 0 Å². The van der Waals surface area contributed by atoms with Gasteiger partial charge in [0.25, 0.3) is 0 Å². The molecule has 1 aromatic carbocycles. The number of aromatic nitrogens is 1. The van der Waals surface area contributed by atoms with E-state index >= 15 is 0 Å². The largest absolute Gasteiger partial charge is 0.494 e. The first-order valence-electron chi connectivity index (χ1n) is 9.73. The number of nitrogens with one attached hydrogen (secondary N) is 2. The Hall–Kier alpha value is -2.36. The predicted octanol–water partition coefficient (Wildman–Crippen LogP) is 5.67. The Balaban J connectivity index is 2.19. The van der Waals surface area contributed by atoms with Crippen LogP contribution in [0.5, 0.6) is 5.75 Å². The molecule has 140 valence electrons. The molecular weight excluding hydrogens is 322 g/mol. The van der Waals surface area contributed by atoms with Crippen molar-refractivity contribution in [3.63, 3.8) is 0 Å². The topological polar surface area (TPSA) is 58.0 Å². The molecule has 2 aromatic rings. The van der Waals surface area contributed by atoms with Gasteiger partial charge in [-0.3, -0.25) is 5.41 Å². The van der Waals surface area contributed by atoms with Gasteiger partial charge in [-0.05, 0) is 56.2 Å². The quantitative estimate of drug-likeness (QED) is 0.512. The Morgan fingerprint density at radius 2 is 1.85 bits per heavy atom. The summed E-state index contributed by atoms with van der Waals surface area (Å²) in [6.45, 7) is 7.04. The molecule has 1 heterocycles. The van der Waals surface area contributed by atoms with Gasteiger partial charge in [-0.25, -0.2) is 4.98 Å². The van der Waals surface area contributed by atoms with Crippen LogP contribution in [0.1, 0.15) is 64.0 Å². The van der Waals surface area contributed by atoms with Gasteiger partial charge in [0.05, 0.1) is 12.3 Å². The summed E-state index contributed by atoms with van der Waals surface area (Å²) in [4.78, 5) is 4.53. The Bertz CT molecular complexity index is 682. The molecule has 0 amide bonds. The molecule has 0 aliphatic heterocycles. The normalized spacial score (nSPS) is 11.8. The minimum absolute atomic E-state index is 0.404. The number of hydrogen-bond donors (Lipinski definition) is 2. The second kappa shape index (κ2) is 10.6. The fourth-order valence-corrected chi connectivity index (χ4v) is 3.04. The van der Waals surface area contributed by atoms with Crippen molar-refractivity contribution in [2.45, 2.75) is 58.9 Å². The van der Waals surface area contributed by atoms with Gasteiger partial charge in [-0.1, -0.05) is 33.1 Å². The molecule has 0 saturated heterocycles. The molecule has 4 nitrogen and oxygen atoms in total. The van der Waals surface area contributed by atoms with Gasteiger partial charge in [-0.15, -0.1) is 0 Å². The first-order valence-corrected chi connectivity index (χ1v) is 9.73. The zero-order chi connectivity index (χ0) is 18.8. The third-order valence-electron chi connectivity index (χ3n) is 4.42. The van der Waals surface area contributed by atoms with Gasteiger partial charge in [-0.2, -0.15) is 0 Å². The van der Waals surface area contributed by atoms with Gasteiger partial charge in [0.2, 0.25) is 0 Å². The third kappa shape index (κ3) is 5.58. The van der Waals surface area contributed by atoms with Crippen LogP contribution in [0.4, 0.5) is 5.82 Å². The highest BCUT2D eigenvalue weighted by Crippen LogP contribution is 2.21. The summed E-state index contributed by atoms with van der Waals surface area (Å²) in [5.41, 5.74) is 2.19. The summed E-state index contributed by atoms with van der Waals surface area (Å²) < 4.78 is 5.49. The van der Waals surface area contributed by atoms with E-state index in [1.165, 1.54) is 12.8 Å². The zero-order valence-corrected chi connectivity index (χ0v) is 16.2. The molecule has 0 radical (unpaired) electrons. The summed E-state index contributed by atoms with van der Waals surface area (Å²) in [7, 11) is 0. The summed E-state index contributed by atoms with van der Waals surface area (Å²) in [6, 6.07) is 12.0. The first kappa shape index (κ1) is 20.0. The number of pyridine rings is 1. The minimum Gasteiger partial charge on any atom is -0.494 e. The van der Waals surface area contributed by atoms with Crippen molar-refractivity contribution in [1.82, 2.24) is 4.98 Å². The number of rotatable bonds is 11. The van der Waals surface area contributed by atoms with Crippen molar-refractivity contribution < 1.29 is 4.74 Å². The molecule has 26 heavy (non-hydrogen) atoms. The van der Waals surface area contributed by atoms with Crippen LogP contribution in [0.2, 0.25) is 0 Å². The van der Waals surface area contributed by atoms with Crippen LogP contribution in [0.25, 0.3) is 0 Å². The maximum atomic E-state index is 8.65. The number of hydrogen-bond acceptors (Lipinski definition) is 4. The Morgan fingerprint density at radius 3 is 2.50 bits per heavy atom. The van der Waals surface area contributed by atoms with E-state index in [0.717, 1.165) is 42.0 Å². The summed E-state index contributed by atoms with van der Waals surface area (Å²) in [5, 5.41) is 12.2. The van der Waals surface area contributed by atoms with Gasteiger partial charge < -0.3 is 10.1 Å². The first-order chi connectivity index (χ1) is 12.7. The van der Waals surface area contributed by atoms with E-state index in [4.69, 9.17) is 10.1 Å². The lowest BCUT2D eigenvalue weighted by Crippen LogP contribution is -2.22. The third-order valence-corrected chi connectivity index (χ3v) is 4.42. The average Bonchev–Trinajstić information content (AvgIpc) is 2.67. The number of unbranched alkanes of at least 4 members (excludes halogenated alkanes) is 1. The Kier molecular flexibility index (Phi) is 8.13. The smallest absolute Gasteiger partial charge is 0.135 e. The van der Waals surface area contributed by atoms with Crippen LogP contribution in [0.3, 0.4) is 0 Å². The van der Waals surface area contributed by atoms with Gasteiger partial charge in [0, 0.05) is 23.4 Å². The number of ether oxygens (including phenoxy) is 1. The standard InChI is InChI=1S/C22H31N3O/c1-4-7-10-18(9-5-2)25-22-20(11-8-16-24-22)21(23)17-12-14-19(15-13-17)26-6-3/h8,11-16,18,23H,4-7,9-10H2,1-3H3,(H,24,25). The zero-order valence-electron chi connectivity index (χ0n) is 16.2. The molecule has 0 aliphatic carbocycles. The molecule has 4 heteroatoms. The predicted molar refractivity (Wildman–Crippen MR) is 110 cm³/mol. The molecule has 1 atom stereocenters. The molecule has 0 bridgehead atoms. The molecule has 2 N–H and O–H groups in total. The van der Waals surface area contributed by atoms with Gasteiger partial charge in [0.15, 0.2) is 0 Å². The molecule has 1 aromatic heterocycles. The molecule has 0 saturated carbocycles. The number of anilines is 1. The molecule has 0 fully saturated rings. The second-order valence-electron chi connectivity index (χ2n) is 6.50. The van der Waals surface area contributed by atoms with E-state index < -0.39 is 0 Å². The highest BCUT2D eigenvalue weighted by Gasteiger charge is 2.14. The molecular formula is C22H31N3O. The van der Waals surface area contributed by atoms with Crippen molar-refractivity contribution in [2.24, 2.45) is 0 Å². The summed E-state index contributed by atoms with van der Waals surface area (Å²) >= 11 is 0. The number of nitrogens with zero attached hydrogens (tertiary/aromatic N) is 1. The van der Waals surface area contributed by atoms with E-state index in [1.807, 2.05) is 43.3 Å². The minimum atomic E-state index is 0.404. The van der Waals surface area contributed by atoms with Crippen LogP contribution in [0.15, 0.2) is 42.6 Å². The fraction of sp³-hybridized carbons (Fsp3) is 0.455. The van der Waals surface area contributed by atoms with Crippen molar-refractivity contribution in [3.8, 4) is 5.75 Å². The molecule has 2 rings (SSSR count). The summed E-state index contributed by atoms with van der Waals surface area (Å²) in [6.07, 6.45) is 7.58. The lowest BCUT2D eigenvalue weighted by atomic mass is 10.0. The van der Waals surface area contributed by atoms with Crippen molar-refractivity contribution in [3.05, 3.63) is 53.7 Å². The maximum Gasteiger partial charge on any atom is 0.135 e. The van der Waals surface area contributed by atoms with Crippen LogP contribution in [0, 0.1) is 5.41 Å². The molecule has 1 unspecified atom stereocenters. The van der Waals surface area contributed by atoms with E-state index in [-0.39, 0.29) is 0 Å². The fourth-order valence-electron chi connectivity index (χ4n) is 3.04. The van der Waals surface area contributed by atoms with E-state index in [9.17, 15) is 0 Å². The van der Waals surface area contributed by atoms with Gasteiger partial charge in [0.1, 0.15) is 11.6 Å². The van der Waals surface area contributed by atoms with Crippen LogP contribution < -0.4 is 10.1 Å². The average molecular weight is 354 g/mol. The highest BCUT2D eigenvalue weighted by molar-refractivity contribution is 6.13. The van der Waals surface area contributed by atoms with Crippen molar-refractivity contribution in [1.29, 1.82) is 5.41 Å². The van der Waals surface area contributed by atoms with Crippen LogP contribution in [-0.2, 0) is 0 Å². The second-order valence-corrected chi connectivity index (χ2v) is 6.50. The van der Waals surface area contributed by atoms with Crippen LogP contribution >= 0.6 is 0 Å². The maximum absolute atomic E-state index is 8.65. The monoisotopic (exact) mass is 353 g/mol. The SMILES string of the molecule is CCCCC(CCC)Nc1ncccc1C(=N)c1ccc(OCC)cc1. The van der Waals surface area contributed by atoms with Crippen molar-refractivity contribution >= 4 is 11.5 Å². The lowest BCUT2D eigenvalue weighted by molar-refractivity contribution is 0.340. The molecule has 0 aliphatic rings. The highest BCUT2D eigenvalue weighted by atomic mass is 16.5. The molecule has 0 spiro atoms. The Labute approximate surface area is 157 Å². The van der Waals surface area contributed by atoms with Crippen molar-refractivity contribution in [2.75, 3.05) is 11.9 Å². The Morgan fingerprint density at radius 1 is 1.08 bits per heavy atom. The van der Waals surface area contributed by atoms with E-state index in [1.54, 1.807) is 6.20 Å². The van der Waals surface area contributed by atoms with E-state index in [0.29, 0.717) is 18.4 Å². The number of benzene rings is 1. The lowest BCUT2D eigenvalue weighted by Gasteiger charge is -2.20. The van der Waals surface area contributed by atoms with Crippen LogP contribution in [-0.4, -0.2) is 23.3 Å².